The second kappa shape index (κ2) is 10.3. The number of benzene rings is 2. The third-order valence-electron chi connectivity index (χ3n) is 6.37. The summed E-state index contributed by atoms with van der Waals surface area (Å²) in [6.07, 6.45) is 1.88. The topological polar surface area (TPSA) is 76.8 Å². The Morgan fingerprint density at radius 2 is 1.79 bits per heavy atom. The summed E-state index contributed by atoms with van der Waals surface area (Å²) >= 11 is 0. The number of fused-ring (bicyclic) bond motifs is 1. The third-order valence-corrected chi connectivity index (χ3v) is 6.37. The van der Waals surface area contributed by atoms with Gasteiger partial charge in [0, 0.05) is 46.0 Å². The number of anilines is 1. The van der Waals surface area contributed by atoms with E-state index in [1.165, 1.54) is 9.13 Å². The highest BCUT2D eigenvalue weighted by Crippen LogP contribution is 2.18. The molecule has 8 heteroatoms. The van der Waals surface area contributed by atoms with Crippen molar-refractivity contribution in [3.05, 3.63) is 74.9 Å². The number of carbonyl (C=O) groups is 1. The van der Waals surface area contributed by atoms with Crippen molar-refractivity contribution in [1.29, 1.82) is 0 Å². The van der Waals surface area contributed by atoms with Crippen LogP contribution in [0.15, 0.2) is 58.1 Å². The van der Waals surface area contributed by atoms with E-state index in [1.54, 1.807) is 36.1 Å². The maximum absolute atomic E-state index is 13.6. The fourth-order valence-electron chi connectivity index (χ4n) is 4.45. The van der Waals surface area contributed by atoms with Gasteiger partial charge in [-0.2, -0.15) is 0 Å². The van der Waals surface area contributed by atoms with Gasteiger partial charge in [-0.05, 0) is 49.6 Å². The minimum atomic E-state index is -0.466. The predicted molar refractivity (Wildman–Crippen MR) is 133 cm³/mol. The van der Waals surface area contributed by atoms with Crippen LogP contribution in [0.2, 0.25) is 0 Å². The minimum Gasteiger partial charge on any atom is -0.378 e. The number of aromatic nitrogens is 2. The molecule has 0 bridgehead atoms. The highest BCUT2D eigenvalue weighted by atomic mass is 16.5. The quantitative estimate of drug-likeness (QED) is 0.512. The predicted octanol–water partition coefficient (Wildman–Crippen LogP) is 2.46. The van der Waals surface area contributed by atoms with Crippen LogP contribution in [-0.4, -0.2) is 53.3 Å². The van der Waals surface area contributed by atoms with E-state index >= 15 is 0 Å². The van der Waals surface area contributed by atoms with Gasteiger partial charge in [-0.1, -0.05) is 24.3 Å². The second-order valence-electron chi connectivity index (χ2n) is 8.91. The first-order valence-corrected chi connectivity index (χ1v) is 11.8. The van der Waals surface area contributed by atoms with Gasteiger partial charge in [-0.25, -0.2) is 4.79 Å². The number of ether oxygens (including phenoxy) is 1. The molecule has 1 aromatic heterocycles. The van der Waals surface area contributed by atoms with Crippen LogP contribution in [0.1, 0.15) is 25.3 Å². The molecule has 4 rings (SSSR count). The van der Waals surface area contributed by atoms with Crippen molar-refractivity contribution in [2.45, 2.75) is 45.5 Å². The van der Waals surface area contributed by atoms with Gasteiger partial charge in [0.2, 0.25) is 5.91 Å². The molecule has 34 heavy (non-hydrogen) atoms. The van der Waals surface area contributed by atoms with E-state index in [0.717, 1.165) is 24.1 Å². The first kappa shape index (κ1) is 23.8. The fraction of sp³-hybridized carbons (Fsp3) is 0.423. The molecule has 0 saturated carbocycles. The first-order chi connectivity index (χ1) is 16.4. The van der Waals surface area contributed by atoms with Crippen LogP contribution >= 0.6 is 0 Å². The average Bonchev–Trinajstić information content (AvgIpc) is 3.35. The summed E-state index contributed by atoms with van der Waals surface area (Å²) in [5.41, 5.74) is 1.77. The SMILES string of the molecule is CCn1c(=O)c2ccccc2n(CC(=O)N(Cc2ccc(N(C)C)cc2)CC2CCCO2)c1=O. The molecule has 0 radical (unpaired) electrons. The molecule has 1 aliphatic heterocycles. The van der Waals surface area contributed by atoms with Crippen LogP contribution in [0, 0.1) is 0 Å². The van der Waals surface area contributed by atoms with Gasteiger partial charge in [-0.3, -0.25) is 18.7 Å². The van der Waals surface area contributed by atoms with Crippen molar-refractivity contribution < 1.29 is 9.53 Å². The molecular formula is C26H32N4O4. The number of rotatable bonds is 8. The maximum Gasteiger partial charge on any atom is 0.331 e. The van der Waals surface area contributed by atoms with Crippen LogP contribution in [0.25, 0.3) is 10.9 Å². The molecule has 0 aliphatic carbocycles. The molecule has 1 atom stereocenters. The van der Waals surface area contributed by atoms with E-state index in [0.29, 0.717) is 30.6 Å². The molecule has 3 aromatic rings. The number of hydrogen-bond acceptors (Lipinski definition) is 5. The number of hydrogen-bond donors (Lipinski definition) is 0. The fourth-order valence-corrected chi connectivity index (χ4v) is 4.45. The molecule has 2 heterocycles. The lowest BCUT2D eigenvalue weighted by atomic mass is 10.1. The Bertz CT molecular complexity index is 1270. The summed E-state index contributed by atoms with van der Waals surface area (Å²) in [6.45, 7) is 3.46. The molecule has 8 nitrogen and oxygen atoms in total. The van der Waals surface area contributed by atoms with Gasteiger partial charge in [0.15, 0.2) is 0 Å². The number of para-hydroxylation sites is 1. The zero-order valence-electron chi connectivity index (χ0n) is 20.1. The van der Waals surface area contributed by atoms with E-state index in [9.17, 15) is 14.4 Å². The maximum atomic E-state index is 13.6. The van der Waals surface area contributed by atoms with Gasteiger partial charge in [-0.15, -0.1) is 0 Å². The standard InChI is InChI=1S/C26H32N4O4/c1-4-29-25(32)22-9-5-6-10-23(22)30(26(29)33)18-24(31)28(17-21-8-7-15-34-21)16-19-11-13-20(14-12-19)27(2)3/h5-6,9-14,21H,4,7-8,15-18H2,1-3H3. The van der Waals surface area contributed by atoms with E-state index in [-0.39, 0.29) is 30.7 Å². The van der Waals surface area contributed by atoms with Crippen LogP contribution in [0.5, 0.6) is 0 Å². The zero-order chi connectivity index (χ0) is 24.2. The van der Waals surface area contributed by atoms with Gasteiger partial charge >= 0.3 is 5.69 Å². The Morgan fingerprint density at radius 3 is 2.44 bits per heavy atom. The lowest BCUT2D eigenvalue weighted by Gasteiger charge is -2.26. The molecule has 0 spiro atoms. The normalized spacial score (nSPS) is 15.6. The molecule has 1 aliphatic rings. The molecule has 0 N–H and O–H groups in total. The van der Waals surface area contributed by atoms with E-state index in [2.05, 4.69) is 0 Å². The van der Waals surface area contributed by atoms with E-state index in [1.807, 2.05) is 43.3 Å². The molecule has 1 amide bonds. The molecule has 2 aromatic carbocycles. The molecule has 1 saturated heterocycles. The van der Waals surface area contributed by atoms with Crippen molar-refractivity contribution in [3.63, 3.8) is 0 Å². The molecule has 1 unspecified atom stereocenters. The van der Waals surface area contributed by atoms with Crippen LogP contribution in [-0.2, 0) is 29.2 Å². The number of amides is 1. The highest BCUT2D eigenvalue weighted by molar-refractivity contribution is 5.81. The Kier molecular flexibility index (Phi) is 7.17. The summed E-state index contributed by atoms with van der Waals surface area (Å²) in [4.78, 5) is 43.2. The molecular weight excluding hydrogens is 432 g/mol. The number of nitrogens with zero attached hydrogens (tertiary/aromatic N) is 4. The van der Waals surface area contributed by atoms with Gasteiger partial charge in [0.1, 0.15) is 6.54 Å². The summed E-state index contributed by atoms with van der Waals surface area (Å²) in [6, 6.07) is 15.0. The summed E-state index contributed by atoms with van der Waals surface area (Å²) < 4.78 is 8.40. The van der Waals surface area contributed by atoms with E-state index in [4.69, 9.17) is 4.74 Å². The monoisotopic (exact) mass is 464 g/mol. The third kappa shape index (κ3) is 4.92. The van der Waals surface area contributed by atoms with Crippen LogP contribution in [0.3, 0.4) is 0 Å². The Morgan fingerprint density at radius 1 is 1.06 bits per heavy atom. The Hall–Kier alpha value is -3.39. The van der Waals surface area contributed by atoms with Gasteiger partial charge in [0.25, 0.3) is 5.56 Å². The van der Waals surface area contributed by atoms with Crippen molar-refractivity contribution in [1.82, 2.24) is 14.0 Å². The molecule has 180 valence electrons. The minimum absolute atomic E-state index is 0.0111. The average molecular weight is 465 g/mol. The van der Waals surface area contributed by atoms with Crippen LogP contribution in [0.4, 0.5) is 5.69 Å². The van der Waals surface area contributed by atoms with Crippen molar-refractivity contribution >= 4 is 22.5 Å². The lowest BCUT2D eigenvalue weighted by Crippen LogP contribution is -2.44. The zero-order valence-corrected chi connectivity index (χ0v) is 20.1. The summed E-state index contributed by atoms with van der Waals surface area (Å²) in [7, 11) is 3.97. The van der Waals surface area contributed by atoms with Crippen LogP contribution < -0.4 is 16.1 Å². The molecule has 1 fully saturated rings. The first-order valence-electron chi connectivity index (χ1n) is 11.8. The van der Waals surface area contributed by atoms with Crippen molar-refractivity contribution in [2.75, 3.05) is 32.1 Å². The summed E-state index contributed by atoms with van der Waals surface area (Å²) in [5.74, 6) is -0.180. The smallest absolute Gasteiger partial charge is 0.331 e. The van der Waals surface area contributed by atoms with Crippen molar-refractivity contribution in [3.8, 4) is 0 Å². The second-order valence-corrected chi connectivity index (χ2v) is 8.91. The lowest BCUT2D eigenvalue weighted by molar-refractivity contribution is -0.134. The number of carbonyl (C=O) groups excluding carboxylic acids is 1. The summed E-state index contributed by atoms with van der Waals surface area (Å²) in [5, 5.41) is 0.432. The Balaban J connectivity index is 1.66. The highest BCUT2D eigenvalue weighted by Gasteiger charge is 2.24. The van der Waals surface area contributed by atoms with Gasteiger partial charge in [0.05, 0.1) is 17.0 Å². The van der Waals surface area contributed by atoms with Crippen molar-refractivity contribution in [2.24, 2.45) is 0 Å². The van der Waals surface area contributed by atoms with E-state index < -0.39 is 5.69 Å². The Labute approximate surface area is 199 Å². The largest absolute Gasteiger partial charge is 0.378 e. The van der Waals surface area contributed by atoms with Gasteiger partial charge < -0.3 is 14.5 Å².